The molecule has 4 heteroatoms. The Bertz CT molecular complexity index is 431. The number of nitrogens with zero attached hydrogens (tertiary/aromatic N) is 2. The fourth-order valence-corrected chi connectivity index (χ4v) is 1.93. The van der Waals surface area contributed by atoms with E-state index in [-0.39, 0.29) is 5.78 Å². The second kappa shape index (κ2) is 3.75. The molecule has 2 aromatic rings. The van der Waals surface area contributed by atoms with Gasteiger partial charge in [0.25, 0.3) is 0 Å². The summed E-state index contributed by atoms with van der Waals surface area (Å²) >= 11 is 1.52. The summed E-state index contributed by atoms with van der Waals surface area (Å²) in [6.07, 6.45) is 3.47. The second-order valence-electron chi connectivity index (χ2n) is 2.88. The van der Waals surface area contributed by atoms with Gasteiger partial charge in [0.1, 0.15) is 0 Å². The number of carbonyl (C=O) groups excluding carboxylic acids is 1. The van der Waals surface area contributed by atoms with Gasteiger partial charge in [-0.1, -0.05) is 0 Å². The maximum Gasteiger partial charge on any atom is 0.229 e. The van der Waals surface area contributed by atoms with Gasteiger partial charge in [-0.2, -0.15) is 11.3 Å². The minimum atomic E-state index is -0.00176. The lowest BCUT2D eigenvalue weighted by atomic mass is 10.2. The van der Waals surface area contributed by atoms with Crippen molar-refractivity contribution in [2.24, 2.45) is 0 Å². The molecular weight excluding hydrogens is 196 g/mol. The number of carbonyl (C=O) groups is 1. The van der Waals surface area contributed by atoms with Gasteiger partial charge in [-0.05, 0) is 18.4 Å². The van der Waals surface area contributed by atoms with Gasteiger partial charge < -0.3 is 4.57 Å². The molecule has 0 spiro atoms. The van der Waals surface area contributed by atoms with E-state index in [4.69, 9.17) is 0 Å². The van der Waals surface area contributed by atoms with Gasteiger partial charge in [0.2, 0.25) is 5.78 Å². The molecule has 0 aliphatic carbocycles. The number of imidazole rings is 1. The van der Waals surface area contributed by atoms with Crippen molar-refractivity contribution in [1.82, 2.24) is 9.55 Å². The van der Waals surface area contributed by atoms with Crippen LogP contribution in [-0.4, -0.2) is 15.3 Å². The number of rotatable bonds is 3. The fraction of sp³-hybridized carbons (Fsp3) is 0.200. The average Bonchev–Trinajstić information content (AvgIpc) is 2.87. The van der Waals surface area contributed by atoms with Crippen LogP contribution in [0.2, 0.25) is 0 Å². The monoisotopic (exact) mass is 206 g/mol. The largest absolute Gasteiger partial charge is 0.328 e. The van der Waals surface area contributed by atoms with Crippen molar-refractivity contribution in [1.29, 1.82) is 0 Å². The highest BCUT2D eigenvalue weighted by atomic mass is 32.1. The van der Waals surface area contributed by atoms with Crippen LogP contribution in [-0.2, 0) is 6.54 Å². The third kappa shape index (κ3) is 1.48. The summed E-state index contributed by atoms with van der Waals surface area (Å²) in [5, 5.41) is 3.74. The van der Waals surface area contributed by atoms with Gasteiger partial charge >= 0.3 is 0 Å². The first-order chi connectivity index (χ1) is 6.83. The highest BCUT2D eigenvalue weighted by Crippen LogP contribution is 2.11. The topological polar surface area (TPSA) is 34.9 Å². The molecule has 0 aliphatic heterocycles. The van der Waals surface area contributed by atoms with Crippen LogP contribution in [0.1, 0.15) is 23.1 Å². The fourth-order valence-electron chi connectivity index (χ4n) is 1.30. The first-order valence-corrected chi connectivity index (χ1v) is 5.35. The van der Waals surface area contributed by atoms with Crippen LogP contribution in [0.25, 0.3) is 0 Å². The molecule has 0 aromatic carbocycles. The van der Waals surface area contributed by atoms with Crippen molar-refractivity contribution in [3.63, 3.8) is 0 Å². The summed E-state index contributed by atoms with van der Waals surface area (Å²) in [7, 11) is 0. The lowest BCUT2D eigenvalue weighted by Crippen LogP contribution is -2.09. The quantitative estimate of drug-likeness (QED) is 0.721. The predicted octanol–water partition coefficient (Wildman–Crippen LogP) is 2.20. The van der Waals surface area contributed by atoms with Gasteiger partial charge in [0.15, 0.2) is 5.82 Å². The van der Waals surface area contributed by atoms with Gasteiger partial charge in [-0.3, -0.25) is 4.79 Å². The Morgan fingerprint density at radius 1 is 1.64 bits per heavy atom. The highest BCUT2D eigenvalue weighted by molar-refractivity contribution is 7.08. The van der Waals surface area contributed by atoms with Crippen LogP contribution < -0.4 is 0 Å². The summed E-state index contributed by atoms with van der Waals surface area (Å²) in [6.45, 7) is 2.76. The van der Waals surface area contributed by atoms with Crippen LogP contribution in [0.5, 0.6) is 0 Å². The summed E-state index contributed by atoms with van der Waals surface area (Å²) in [5.74, 6) is 0.518. The molecule has 0 radical (unpaired) electrons. The Morgan fingerprint density at radius 3 is 3.14 bits per heavy atom. The highest BCUT2D eigenvalue weighted by Gasteiger charge is 2.14. The summed E-state index contributed by atoms with van der Waals surface area (Å²) in [5.41, 5.74) is 0.718. The van der Waals surface area contributed by atoms with E-state index in [0.29, 0.717) is 5.82 Å². The first-order valence-electron chi connectivity index (χ1n) is 4.41. The number of hydrogen-bond acceptors (Lipinski definition) is 3. The van der Waals surface area contributed by atoms with Crippen molar-refractivity contribution in [3.8, 4) is 0 Å². The Hall–Kier alpha value is -1.42. The Labute approximate surface area is 86.0 Å². The van der Waals surface area contributed by atoms with Crippen LogP contribution in [0.15, 0.2) is 29.2 Å². The number of ketones is 1. The molecule has 0 aliphatic rings. The SMILES string of the molecule is CCn1ccnc1C(=O)c1ccsc1. The molecule has 72 valence electrons. The van der Waals surface area contributed by atoms with E-state index in [0.717, 1.165) is 12.1 Å². The summed E-state index contributed by atoms with van der Waals surface area (Å²) in [6, 6.07) is 1.82. The van der Waals surface area contributed by atoms with E-state index in [1.54, 1.807) is 6.20 Å². The zero-order valence-electron chi connectivity index (χ0n) is 7.80. The minimum absolute atomic E-state index is 0.00176. The van der Waals surface area contributed by atoms with Crippen LogP contribution in [0.3, 0.4) is 0 Å². The molecule has 2 rings (SSSR count). The second-order valence-corrected chi connectivity index (χ2v) is 3.66. The number of hydrogen-bond donors (Lipinski definition) is 0. The molecule has 0 atom stereocenters. The van der Waals surface area contributed by atoms with Gasteiger partial charge in [-0.15, -0.1) is 0 Å². The number of thiophene rings is 1. The van der Waals surface area contributed by atoms with Crippen molar-refractivity contribution in [3.05, 3.63) is 40.6 Å². The molecule has 0 fully saturated rings. The molecular formula is C10H10N2OS. The van der Waals surface area contributed by atoms with E-state index in [9.17, 15) is 4.79 Å². The van der Waals surface area contributed by atoms with E-state index in [1.807, 2.05) is 34.5 Å². The molecule has 0 N–H and O–H groups in total. The maximum atomic E-state index is 11.9. The zero-order valence-corrected chi connectivity index (χ0v) is 8.62. The minimum Gasteiger partial charge on any atom is -0.328 e. The summed E-state index contributed by atoms with van der Waals surface area (Å²) < 4.78 is 1.85. The third-order valence-electron chi connectivity index (χ3n) is 2.04. The number of aryl methyl sites for hydroxylation is 1. The zero-order chi connectivity index (χ0) is 9.97. The molecule has 0 saturated carbocycles. The van der Waals surface area contributed by atoms with Crippen molar-refractivity contribution >= 4 is 17.1 Å². The Balaban J connectivity index is 2.36. The van der Waals surface area contributed by atoms with E-state index in [2.05, 4.69) is 4.98 Å². The predicted molar refractivity (Wildman–Crippen MR) is 55.7 cm³/mol. The van der Waals surface area contributed by atoms with Crippen LogP contribution >= 0.6 is 11.3 Å². The third-order valence-corrected chi connectivity index (χ3v) is 2.73. The van der Waals surface area contributed by atoms with E-state index in [1.165, 1.54) is 11.3 Å². The molecule has 0 amide bonds. The Kier molecular flexibility index (Phi) is 2.45. The van der Waals surface area contributed by atoms with Gasteiger partial charge in [-0.25, -0.2) is 4.98 Å². The van der Waals surface area contributed by atoms with E-state index >= 15 is 0 Å². The average molecular weight is 206 g/mol. The van der Waals surface area contributed by atoms with Crippen molar-refractivity contribution in [2.45, 2.75) is 13.5 Å². The van der Waals surface area contributed by atoms with Crippen molar-refractivity contribution in [2.75, 3.05) is 0 Å². The number of aromatic nitrogens is 2. The molecule has 0 bridgehead atoms. The van der Waals surface area contributed by atoms with Gasteiger partial charge in [0, 0.05) is 29.9 Å². The molecule has 3 nitrogen and oxygen atoms in total. The molecule has 14 heavy (non-hydrogen) atoms. The lowest BCUT2D eigenvalue weighted by molar-refractivity contribution is 0.102. The van der Waals surface area contributed by atoms with E-state index < -0.39 is 0 Å². The lowest BCUT2D eigenvalue weighted by Gasteiger charge is -2.01. The molecule has 0 unspecified atom stereocenters. The molecule has 2 heterocycles. The van der Waals surface area contributed by atoms with Crippen molar-refractivity contribution < 1.29 is 4.79 Å². The van der Waals surface area contributed by atoms with Crippen LogP contribution in [0, 0.1) is 0 Å². The Morgan fingerprint density at radius 2 is 2.50 bits per heavy atom. The molecule has 2 aromatic heterocycles. The maximum absolute atomic E-state index is 11.9. The normalized spacial score (nSPS) is 10.4. The first kappa shape index (κ1) is 9.15. The van der Waals surface area contributed by atoms with Crippen LogP contribution in [0.4, 0.5) is 0 Å². The van der Waals surface area contributed by atoms with Gasteiger partial charge in [0.05, 0.1) is 0 Å². The smallest absolute Gasteiger partial charge is 0.229 e. The molecule has 0 saturated heterocycles. The standard InChI is InChI=1S/C10H10N2OS/c1-2-12-5-4-11-10(12)9(13)8-3-6-14-7-8/h3-7H,2H2,1H3. The summed E-state index contributed by atoms with van der Waals surface area (Å²) in [4.78, 5) is 15.9.